The van der Waals surface area contributed by atoms with Crippen LogP contribution in [0, 0.1) is 0 Å². The van der Waals surface area contributed by atoms with Crippen molar-refractivity contribution >= 4 is 28.9 Å². The van der Waals surface area contributed by atoms with E-state index in [0.717, 1.165) is 6.08 Å². The number of aliphatic hydroxyl groups is 2. The monoisotopic (exact) mass is 822 g/mol. The fourth-order valence-electron chi connectivity index (χ4n) is 10.3. The van der Waals surface area contributed by atoms with Gasteiger partial charge in [-0.15, -0.1) is 0 Å². The predicted molar refractivity (Wildman–Crippen MR) is 199 cm³/mol. The number of ether oxygens (including phenoxy) is 8. The Labute approximate surface area is 340 Å². The van der Waals surface area contributed by atoms with Gasteiger partial charge in [0, 0.05) is 61.6 Å². The number of allylic oxidation sites excluding steroid dienone is 2. The Hall–Kier alpha value is -3.55. The Bertz CT molecular complexity index is 2060. The fraction of sp³-hybridized carbons (Fsp3) is 0.651. The summed E-state index contributed by atoms with van der Waals surface area (Å²) in [5.74, 6) is -3.19. The molecule has 3 N–H and O–H groups in total. The smallest absolute Gasteiger partial charge is 0.198 e. The van der Waals surface area contributed by atoms with Crippen LogP contribution in [-0.4, -0.2) is 129 Å². The van der Waals surface area contributed by atoms with Gasteiger partial charge in [0.2, 0.25) is 0 Å². The van der Waals surface area contributed by atoms with Gasteiger partial charge in [-0.3, -0.25) is 24.0 Å². The molecule has 6 fully saturated rings. The molecule has 0 bridgehead atoms. The van der Waals surface area contributed by atoms with E-state index in [1.807, 2.05) is 6.92 Å². The molecule has 5 heterocycles. The molecular formula is C43H50O16. The molecule has 9 rings (SSSR count). The second-order valence-electron chi connectivity index (χ2n) is 17.6. The molecule has 0 amide bonds. The number of carbonyl (C=O) groups is 5. The third-order valence-electron chi connectivity index (χ3n) is 13.4. The van der Waals surface area contributed by atoms with Crippen molar-refractivity contribution in [3.05, 3.63) is 52.1 Å². The van der Waals surface area contributed by atoms with Crippen LogP contribution < -0.4 is 0 Å². The Balaban J connectivity index is 0.908. The van der Waals surface area contributed by atoms with Crippen LogP contribution in [0.1, 0.15) is 118 Å². The lowest BCUT2D eigenvalue weighted by atomic mass is 9.57. The average molecular weight is 823 g/mol. The summed E-state index contributed by atoms with van der Waals surface area (Å²) in [6, 6.07) is 2.80. The molecule has 16 heteroatoms. The number of aromatic hydroxyl groups is 1. The lowest BCUT2D eigenvalue weighted by Gasteiger charge is -2.53. The minimum absolute atomic E-state index is 0.0306. The van der Waals surface area contributed by atoms with E-state index in [1.54, 1.807) is 27.7 Å². The van der Waals surface area contributed by atoms with E-state index in [4.69, 9.17) is 37.9 Å². The predicted octanol–water partition coefficient (Wildman–Crippen LogP) is 2.95. The lowest BCUT2D eigenvalue weighted by molar-refractivity contribution is -0.347. The van der Waals surface area contributed by atoms with Gasteiger partial charge in [-0.2, -0.15) is 0 Å². The van der Waals surface area contributed by atoms with Gasteiger partial charge in [-0.1, -0.05) is 12.1 Å². The molecule has 0 radical (unpaired) electrons. The first-order valence-electron chi connectivity index (χ1n) is 20.6. The highest BCUT2D eigenvalue weighted by atomic mass is 16.7. The molecule has 1 aromatic rings. The third kappa shape index (κ3) is 6.62. The molecule has 16 nitrogen and oxygen atoms in total. The largest absolute Gasteiger partial charge is 0.507 e. The Morgan fingerprint density at radius 1 is 0.797 bits per heavy atom. The zero-order valence-corrected chi connectivity index (χ0v) is 33.5. The van der Waals surface area contributed by atoms with E-state index in [1.165, 1.54) is 18.2 Å². The first-order valence-corrected chi connectivity index (χ1v) is 20.6. The molecule has 1 saturated carbocycles. The van der Waals surface area contributed by atoms with Gasteiger partial charge < -0.3 is 53.2 Å². The van der Waals surface area contributed by atoms with E-state index in [2.05, 4.69) is 0 Å². The number of Topliss-reactive ketones (excluding diaryl/α,β-unsaturated/α-hetero) is 5. The molecule has 8 aliphatic rings. The van der Waals surface area contributed by atoms with Crippen molar-refractivity contribution < 1.29 is 77.2 Å². The first-order chi connectivity index (χ1) is 27.9. The van der Waals surface area contributed by atoms with E-state index >= 15 is 0 Å². The minimum atomic E-state index is -2.80. The van der Waals surface area contributed by atoms with Crippen LogP contribution in [0.5, 0.6) is 5.75 Å². The first kappa shape index (κ1) is 40.8. The Morgan fingerprint density at radius 2 is 1.56 bits per heavy atom. The van der Waals surface area contributed by atoms with E-state index in [0.29, 0.717) is 25.7 Å². The highest BCUT2D eigenvalue weighted by Crippen LogP contribution is 2.53. The van der Waals surface area contributed by atoms with Crippen LogP contribution in [0.4, 0.5) is 0 Å². The molecular weight excluding hydrogens is 772 g/mol. The molecule has 1 aromatic carbocycles. The molecule has 5 saturated heterocycles. The molecule has 0 aromatic heterocycles. The maximum atomic E-state index is 14.4. The minimum Gasteiger partial charge on any atom is -0.507 e. The van der Waals surface area contributed by atoms with Crippen LogP contribution in [0.2, 0.25) is 0 Å². The number of hydrogen-bond donors (Lipinski definition) is 3. The van der Waals surface area contributed by atoms with Gasteiger partial charge in [0.15, 0.2) is 53.4 Å². The zero-order valence-electron chi connectivity index (χ0n) is 33.5. The summed E-state index contributed by atoms with van der Waals surface area (Å²) in [5.41, 5.74) is -7.72. The van der Waals surface area contributed by atoms with Gasteiger partial charge in [-0.05, 0) is 53.2 Å². The summed E-state index contributed by atoms with van der Waals surface area (Å²) in [6.45, 7) is 8.59. The summed E-state index contributed by atoms with van der Waals surface area (Å²) in [5, 5.41) is 36.1. The number of hydrogen-bond acceptors (Lipinski definition) is 16. The van der Waals surface area contributed by atoms with Crippen molar-refractivity contribution in [2.24, 2.45) is 0 Å². The molecule has 0 spiro atoms. The normalized spacial score (nSPS) is 44.7. The molecule has 15 atom stereocenters. The van der Waals surface area contributed by atoms with Gasteiger partial charge in [0.25, 0.3) is 0 Å². The second-order valence-corrected chi connectivity index (χ2v) is 17.6. The van der Waals surface area contributed by atoms with Crippen molar-refractivity contribution in [3.63, 3.8) is 0 Å². The van der Waals surface area contributed by atoms with Crippen molar-refractivity contribution in [3.8, 4) is 5.75 Å². The quantitative estimate of drug-likeness (QED) is 0.389. The van der Waals surface area contributed by atoms with E-state index < -0.39 is 120 Å². The molecule has 3 aliphatic carbocycles. The van der Waals surface area contributed by atoms with Crippen LogP contribution in [0.15, 0.2) is 35.4 Å². The van der Waals surface area contributed by atoms with Gasteiger partial charge >= 0.3 is 0 Å². The molecule has 5 aliphatic heterocycles. The summed E-state index contributed by atoms with van der Waals surface area (Å²) < 4.78 is 48.8. The fourth-order valence-corrected chi connectivity index (χ4v) is 10.3. The number of rotatable bonds is 5. The van der Waals surface area contributed by atoms with Crippen molar-refractivity contribution in [2.45, 2.75) is 177 Å². The number of carbonyl (C=O) groups excluding carboxylic acids is 5. The number of ketones is 5. The topological polar surface area (TPSA) is 220 Å². The van der Waals surface area contributed by atoms with Gasteiger partial charge in [0.1, 0.15) is 35.8 Å². The highest BCUT2D eigenvalue weighted by Gasteiger charge is 2.67. The van der Waals surface area contributed by atoms with Crippen molar-refractivity contribution in [1.82, 2.24) is 0 Å². The number of phenolic OH excluding ortho intramolecular Hbond substituents is 1. The van der Waals surface area contributed by atoms with Crippen molar-refractivity contribution in [1.29, 1.82) is 0 Å². The summed E-state index contributed by atoms with van der Waals surface area (Å²) >= 11 is 0. The number of fused-ring (bicyclic) bond motifs is 5. The summed E-state index contributed by atoms with van der Waals surface area (Å²) in [4.78, 5) is 67.0. The number of benzene rings is 1. The SMILES string of the molecule is CC1OC(OC2CCC(O[C@@]3(C)CC(=O)[C@]4(O)C5=C(C=C[C@]4(O)C3)C(=O)c3c(ccc(C4CC6OC7CC(=O)C(C)OC7OC6C(C)O4)c3O)C5=O)OC2C)CCC1=O. The van der Waals surface area contributed by atoms with Crippen LogP contribution in [0.25, 0.3) is 0 Å². The standard InChI is InChI=1S/C43H50O16/c1-18-25(44)8-10-32(53-18)57-27-9-11-33(54-20(27)3)59-41(5)16-31(46)43(51)35-24(12-13-42(43,50)17-41)37(48)34-23(38(35)49)7-6-22(36(34)47)28-15-29-39(21(4)52-28)58-40-30(56-29)14-26(45)19(2)55-40/h6-7,12-13,18-21,27-30,32-33,39-40,47,50-51H,8-11,14-17H2,1-5H3/t18?,19?,20?,21?,27?,28?,29?,30?,32?,33?,39?,40?,41-,42-,43-/m0/s1. The number of phenols is 1. The van der Waals surface area contributed by atoms with Crippen LogP contribution in [0.3, 0.4) is 0 Å². The maximum absolute atomic E-state index is 14.4. The van der Waals surface area contributed by atoms with Gasteiger partial charge in [-0.25, -0.2) is 0 Å². The van der Waals surface area contributed by atoms with E-state index in [9.17, 15) is 39.3 Å². The second kappa shape index (κ2) is 14.5. The van der Waals surface area contributed by atoms with Crippen molar-refractivity contribution in [2.75, 3.05) is 0 Å². The molecule has 59 heavy (non-hydrogen) atoms. The maximum Gasteiger partial charge on any atom is 0.198 e. The van der Waals surface area contributed by atoms with E-state index in [-0.39, 0.29) is 59.2 Å². The third-order valence-corrected chi connectivity index (χ3v) is 13.4. The summed E-state index contributed by atoms with van der Waals surface area (Å²) in [6.07, 6.45) is -3.32. The molecule has 318 valence electrons. The highest BCUT2D eigenvalue weighted by molar-refractivity contribution is 6.32. The Morgan fingerprint density at radius 3 is 2.31 bits per heavy atom. The lowest BCUT2D eigenvalue weighted by Crippen LogP contribution is -2.69. The van der Waals surface area contributed by atoms with Crippen LogP contribution in [-0.2, 0) is 52.3 Å². The summed E-state index contributed by atoms with van der Waals surface area (Å²) in [7, 11) is 0. The molecule has 12 unspecified atom stereocenters. The average Bonchev–Trinajstić information content (AvgIpc) is 3.16. The zero-order chi connectivity index (χ0) is 41.9. The Kier molecular flexibility index (Phi) is 10.1. The van der Waals surface area contributed by atoms with Crippen LogP contribution >= 0.6 is 0 Å². The van der Waals surface area contributed by atoms with Gasteiger partial charge in [0.05, 0.1) is 47.3 Å².